The second-order valence-corrected chi connectivity index (χ2v) is 7.01. The summed E-state index contributed by atoms with van der Waals surface area (Å²) < 4.78 is 5.36. The van der Waals surface area contributed by atoms with Crippen LogP contribution in [0.4, 0.5) is 5.69 Å². The van der Waals surface area contributed by atoms with Gasteiger partial charge in [-0.15, -0.1) is 0 Å². The number of rotatable bonds is 5. The van der Waals surface area contributed by atoms with Crippen molar-refractivity contribution in [1.29, 1.82) is 0 Å². The fourth-order valence-corrected chi connectivity index (χ4v) is 3.50. The van der Waals surface area contributed by atoms with Crippen molar-refractivity contribution in [3.63, 3.8) is 0 Å². The van der Waals surface area contributed by atoms with Crippen LogP contribution in [0.2, 0.25) is 0 Å². The lowest BCUT2D eigenvalue weighted by Gasteiger charge is -2.36. The Labute approximate surface area is 166 Å². The van der Waals surface area contributed by atoms with Gasteiger partial charge in [0.25, 0.3) is 0 Å². The minimum absolute atomic E-state index is 0.0365. The van der Waals surface area contributed by atoms with Gasteiger partial charge in [-0.05, 0) is 11.5 Å². The quantitative estimate of drug-likeness (QED) is 0.563. The number of amides is 1. The third-order valence-corrected chi connectivity index (χ3v) is 4.97. The number of nitrogens with zero attached hydrogens (tertiary/aromatic N) is 5. The number of benzene rings is 2. The number of anilines is 1. The predicted octanol–water partition coefficient (Wildman–Crippen LogP) is 2.72. The lowest BCUT2D eigenvalue weighted by atomic mass is 10.0. The van der Waals surface area contributed by atoms with Gasteiger partial charge in [0.2, 0.25) is 17.6 Å². The Morgan fingerprint density at radius 2 is 2.00 bits per heavy atom. The van der Waals surface area contributed by atoms with Gasteiger partial charge in [0, 0.05) is 36.6 Å². The van der Waals surface area contributed by atoms with Gasteiger partial charge in [-0.2, -0.15) is 4.98 Å². The fraction of sp³-hybridized carbons (Fsp3) is 0.190. The Morgan fingerprint density at radius 1 is 1.14 bits per heavy atom. The highest BCUT2D eigenvalue weighted by Crippen LogP contribution is 2.27. The number of nitrogens with one attached hydrogen (secondary N) is 1. The van der Waals surface area contributed by atoms with E-state index in [-0.39, 0.29) is 11.8 Å². The van der Waals surface area contributed by atoms with Gasteiger partial charge in [-0.1, -0.05) is 41.6 Å². The van der Waals surface area contributed by atoms with Gasteiger partial charge in [-0.25, -0.2) is 4.98 Å². The van der Waals surface area contributed by atoms with E-state index in [1.807, 2.05) is 42.5 Å². The molecule has 1 saturated heterocycles. The van der Waals surface area contributed by atoms with E-state index in [0.717, 1.165) is 16.5 Å². The number of hydrogen-bond acceptors (Lipinski definition) is 7. The van der Waals surface area contributed by atoms with E-state index in [4.69, 9.17) is 4.52 Å². The Morgan fingerprint density at radius 3 is 2.86 bits per heavy atom. The van der Waals surface area contributed by atoms with Gasteiger partial charge >= 0.3 is 0 Å². The molecule has 0 saturated carbocycles. The summed E-state index contributed by atoms with van der Waals surface area (Å²) in [5, 5.41) is 9.13. The SMILES string of the molecule is O=C(CN1CC(c2nc(-c3cnccn3)no2)C1)Nc1cccc2ccccc12. The highest BCUT2D eigenvalue weighted by Gasteiger charge is 2.33. The van der Waals surface area contributed by atoms with Crippen LogP contribution in [0.25, 0.3) is 22.3 Å². The summed E-state index contributed by atoms with van der Waals surface area (Å²) in [6.45, 7) is 1.72. The third-order valence-electron chi connectivity index (χ3n) is 4.97. The first-order valence-corrected chi connectivity index (χ1v) is 9.36. The lowest BCUT2D eigenvalue weighted by molar-refractivity contribution is -0.118. The molecule has 1 aliphatic heterocycles. The zero-order valence-corrected chi connectivity index (χ0v) is 15.5. The molecule has 144 valence electrons. The summed E-state index contributed by atoms with van der Waals surface area (Å²) in [7, 11) is 0. The molecule has 8 heteroatoms. The predicted molar refractivity (Wildman–Crippen MR) is 107 cm³/mol. The normalized spacial score (nSPS) is 14.6. The molecule has 1 amide bonds. The standard InChI is InChI=1S/C21H18N6O2/c28-19(24-17-7-3-5-14-4-1-2-6-16(14)17)13-27-11-15(12-27)21-25-20(26-29-21)18-10-22-8-9-23-18/h1-10,15H,11-13H2,(H,24,28). The van der Waals surface area contributed by atoms with Crippen molar-refractivity contribution in [2.45, 2.75) is 5.92 Å². The smallest absolute Gasteiger partial charge is 0.238 e. The van der Waals surface area contributed by atoms with Crippen LogP contribution in [0.3, 0.4) is 0 Å². The molecule has 2 aromatic carbocycles. The van der Waals surface area contributed by atoms with Crippen molar-refractivity contribution >= 4 is 22.4 Å². The van der Waals surface area contributed by atoms with Crippen molar-refractivity contribution in [3.05, 3.63) is 66.9 Å². The highest BCUT2D eigenvalue weighted by atomic mass is 16.5. The number of aromatic nitrogens is 4. The van der Waals surface area contributed by atoms with E-state index in [9.17, 15) is 4.79 Å². The van der Waals surface area contributed by atoms with Crippen molar-refractivity contribution in [2.24, 2.45) is 0 Å². The molecule has 0 bridgehead atoms. The summed E-state index contributed by atoms with van der Waals surface area (Å²) >= 11 is 0. The second-order valence-electron chi connectivity index (χ2n) is 7.01. The van der Waals surface area contributed by atoms with Gasteiger partial charge in [0.05, 0.1) is 18.7 Å². The van der Waals surface area contributed by atoms with Crippen LogP contribution in [0, 0.1) is 0 Å². The van der Waals surface area contributed by atoms with E-state index < -0.39 is 0 Å². The molecule has 0 unspecified atom stereocenters. The molecule has 3 heterocycles. The van der Waals surface area contributed by atoms with Crippen molar-refractivity contribution in [1.82, 2.24) is 25.0 Å². The van der Waals surface area contributed by atoms with E-state index >= 15 is 0 Å². The van der Waals surface area contributed by atoms with Gasteiger partial charge in [0.1, 0.15) is 5.69 Å². The van der Waals surface area contributed by atoms with Gasteiger partial charge < -0.3 is 9.84 Å². The van der Waals surface area contributed by atoms with Crippen LogP contribution < -0.4 is 5.32 Å². The van der Waals surface area contributed by atoms with Crippen LogP contribution in [-0.2, 0) is 4.79 Å². The fourth-order valence-electron chi connectivity index (χ4n) is 3.50. The number of carbonyl (C=O) groups is 1. The number of hydrogen-bond donors (Lipinski definition) is 1. The molecule has 1 fully saturated rings. The monoisotopic (exact) mass is 386 g/mol. The van der Waals surface area contributed by atoms with Crippen LogP contribution in [0.5, 0.6) is 0 Å². The molecular weight excluding hydrogens is 368 g/mol. The number of likely N-dealkylation sites (tertiary alicyclic amines) is 1. The van der Waals surface area contributed by atoms with Crippen molar-refractivity contribution < 1.29 is 9.32 Å². The Hall–Kier alpha value is -3.65. The first-order chi connectivity index (χ1) is 14.3. The van der Waals surface area contributed by atoms with Gasteiger partial charge in [0.15, 0.2) is 0 Å². The molecule has 8 nitrogen and oxygen atoms in total. The Kier molecular flexibility index (Phi) is 4.45. The minimum atomic E-state index is -0.0365. The lowest BCUT2D eigenvalue weighted by Crippen LogP contribution is -2.48. The van der Waals surface area contributed by atoms with E-state index in [0.29, 0.717) is 37.0 Å². The van der Waals surface area contributed by atoms with Crippen LogP contribution in [-0.4, -0.2) is 50.5 Å². The summed E-state index contributed by atoms with van der Waals surface area (Å²) in [6.07, 6.45) is 4.78. The number of carbonyl (C=O) groups excluding carboxylic acids is 1. The van der Waals surface area contributed by atoms with Gasteiger partial charge in [-0.3, -0.25) is 14.7 Å². The van der Waals surface area contributed by atoms with E-state index in [2.05, 4.69) is 30.3 Å². The molecule has 0 spiro atoms. The van der Waals surface area contributed by atoms with E-state index in [1.165, 1.54) is 0 Å². The minimum Gasteiger partial charge on any atom is -0.339 e. The zero-order chi connectivity index (χ0) is 19.6. The maximum atomic E-state index is 12.5. The van der Waals surface area contributed by atoms with Crippen molar-refractivity contribution in [2.75, 3.05) is 25.0 Å². The average Bonchev–Trinajstić information content (AvgIpc) is 3.21. The summed E-state index contributed by atoms with van der Waals surface area (Å²) in [5.74, 6) is 1.08. The molecule has 0 atom stereocenters. The molecule has 0 radical (unpaired) electrons. The zero-order valence-electron chi connectivity index (χ0n) is 15.5. The summed E-state index contributed by atoms with van der Waals surface area (Å²) in [4.78, 5) is 27.1. The molecule has 2 aromatic heterocycles. The molecule has 1 aliphatic rings. The topological polar surface area (TPSA) is 97.0 Å². The van der Waals surface area contributed by atoms with Crippen molar-refractivity contribution in [3.8, 4) is 11.5 Å². The number of fused-ring (bicyclic) bond motifs is 1. The average molecular weight is 386 g/mol. The first kappa shape index (κ1) is 17.4. The maximum Gasteiger partial charge on any atom is 0.238 e. The largest absolute Gasteiger partial charge is 0.339 e. The molecule has 4 aromatic rings. The van der Waals surface area contributed by atoms with Crippen LogP contribution in [0.1, 0.15) is 11.8 Å². The molecular formula is C21H18N6O2. The highest BCUT2D eigenvalue weighted by molar-refractivity contribution is 6.02. The Bertz CT molecular complexity index is 1150. The summed E-state index contributed by atoms with van der Waals surface area (Å²) in [6, 6.07) is 13.9. The maximum absolute atomic E-state index is 12.5. The summed E-state index contributed by atoms with van der Waals surface area (Å²) in [5.41, 5.74) is 1.41. The Balaban J connectivity index is 1.18. The second kappa shape index (κ2) is 7.40. The van der Waals surface area contributed by atoms with Crippen LogP contribution in [0.15, 0.2) is 65.6 Å². The molecule has 5 rings (SSSR count). The van der Waals surface area contributed by atoms with Crippen LogP contribution >= 0.6 is 0 Å². The van der Waals surface area contributed by atoms with E-state index in [1.54, 1.807) is 18.6 Å². The third kappa shape index (κ3) is 3.57. The molecule has 1 N–H and O–H groups in total. The first-order valence-electron chi connectivity index (χ1n) is 9.36. The molecule has 29 heavy (non-hydrogen) atoms. The molecule has 0 aliphatic carbocycles.